The average molecular weight is 470 g/mol. The van der Waals surface area contributed by atoms with Gasteiger partial charge >= 0.3 is 0 Å². The molecule has 0 bridgehead atoms. The van der Waals surface area contributed by atoms with Crippen LogP contribution in [-0.4, -0.2) is 31.4 Å². The largest absolute Gasteiger partial charge is 0.502 e. The molecule has 32 heavy (non-hydrogen) atoms. The summed E-state index contributed by atoms with van der Waals surface area (Å²) in [5, 5.41) is 11.1. The number of amides is 1. The summed E-state index contributed by atoms with van der Waals surface area (Å²) >= 11 is 5.91. The quantitative estimate of drug-likeness (QED) is 0.567. The number of sulfone groups is 1. The third-order valence-corrected chi connectivity index (χ3v) is 7.41. The second kappa shape index (κ2) is 8.68. The van der Waals surface area contributed by atoms with Crippen molar-refractivity contribution < 1.29 is 23.1 Å². The number of aliphatic hydroxyl groups is 1. The lowest BCUT2D eigenvalue weighted by Gasteiger charge is -2.27. The Morgan fingerprint density at radius 1 is 1.00 bits per heavy atom. The number of carbonyl (C=O) groups excluding carboxylic acids is 1. The first-order valence-corrected chi connectivity index (χ1v) is 11.6. The molecule has 1 heterocycles. The molecule has 3 aromatic rings. The van der Waals surface area contributed by atoms with E-state index in [9.17, 15) is 18.3 Å². The summed E-state index contributed by atoms with van der Waals surface area (Å²) in [6.07, 6.45) is 0. The average Bonchev–Trinajstić information content (AvgIpc) is 3.05. The van der Waals surface area contributed by atoms with Crippen molar-refractivity contribution in [3.8, 4) is 5.75 Å². The van der Waals surface area contributed by atoms with Crippen LogP contribution in [0.4, 0.5) is 0 Å². The summed E-state index contributed by atoms with van der Waals surface area (Å²) in [7, 11) is -2.65. The van der Waals surface area contributed by atoms with E-state index in [0.29, 0.717) is 16.3 Å². The lowest BCUT2D eigenvalue weighted by atomic mass is 10.1. The highest BCUT2D eigenvalue weighted by Gasteiger charge is 2.46. The number of hydrogen-bond acceptors (Lipinski definition) is 5. The first kappa shape index (κ1) is 21.9. The van der Waals surface area contributed by atoms with Gasteiger partial charge in [-0.15, -0.1) is 0 Å². The zero-order valence-electron chi connectivity index (χ0n) is 17.1. The minimum atomic E-state index is -4.19. The molecule has 0 saturated carbocycles. The Hall–Kier alpha value is -3.29. The molecule has 0 spiro atoms. The lowest BCUT2D eigenvalue weighted by molar-refractivity contribution is -0.130. The van der Waals surface area contributed by atoms with Crippen LogP contribution in [0, 0.1) is 0 Å². The van der Waals surface area contributed by atoms with Crippen LogP contribution in [0.5, 0.6) is 5.75 Å². The molecule has 0 radical (unpaired) electrons. The first-order chi connectivity index (χ1) is 15.3. The standard InChI is InChI=1S/C24H20ClNO5S/c1-31-19-9-5-6-16(14-19)15-26-21(17-7-3-2-4-8-17)23(22(27)24(26)28)32(29,30)20-12-10-18(25)11-13-20/h2-14,21,27H,15H2,1H3/t21-/m0/s1. The van der Waals surface area contributed by atoms with Gasteiger partial charge in [0, 0.05) is 11.6 Å². The third kappa shape index (κ3) is 3.97. The van der Waals surface area contributed by atoms with Crippen LogP contribution in [0.1, 0.15) is 17.2 Å². The van der Waals surface area contributed by atoms with Crippen molar-refractivity contribution >= 4 is 27.3 Å². The van der Waals surface area contributed by atoms with E-state index < -0.39 is 27.5 Å². The highest BCUT2D eigenvalue weighted by Crippen LogP contribution is 2.43. The van der Waals surface area contributed by atoms with Gasteiger partial charge in [0.05, 0.1) is 18.0 Å². The van der Waals surface area contributed by atoms with Gasteiger partial charge in [0.1, 0.15) is 10.7 Å². The Bertz CT molecular complexity index is 1290. The molecule has 8 heteroatoms. The third-order valence-electron chi connectivity index (χ3n) is 5.27. The van der Waals surface area contributed by atoms with Gasteiger partial charge in [-0.05, 0) is 47.5 Å². The number of methoxy groups -OCH3 is 1. The van der Waals surface area contributed by atoms with Crippen molar-refractivity contribution in [2.24, 2.45) is 0 Å². The summed E-state index contributed by atoms with van der Waals surface area (Å²) in [6, 6.07) is 20.5. The molecule has 4 rings (SSSR count). The topological polar surface area (TPSA) is 83.9 Å². The van der Waals surface area contributed by atoms with E-state index in [-0.39, 0.29) is 16.3 Å². The molecule has 0 aromatic heterocycles. The zero-order chi connectivity index (χ0) is 22.9. The Labute approximate surface area is 191 Å². The van der Waals surface area contributed by atoms with E-state index in [1.165, 1.54) is 36.3 Å². The van der Waals surface area contributed by atoms with Crippen molar-refractivity contribution in [2.45, 2.75) is 17.5 Å². The minimum absolute atomic E-state index is 0.0552. The van der Waals surface area contributed by atoms with Crippen LogP contribution in [0.3, 0.4) is 0 Å². The van der Waals surface area contributed by atoms with Gasteiger partial charge in [0.2, 0.25) is 9.84 Å². The summed E-state index contributed by atoms with van der Waals surface area (Å²) in [5.41, 5.74) is 1.30. The summed E-state index contributed by atoms with van der Waals surface area (Å²) in [4.78, 5) is 14.0. The van der Waals surface area contributed by atoms with Crippen molar-refractivity contribution in [3.63, 3.8) is 0 Å². The number of ether oxygens (including phenoxy) is 1. The zero-order valence-corrected chi connectivity index (χ0v) is 18.7. The molecule has 0 unspecified atom stereocenters. The molecule has 3 aromatic carbocycles. The van der Waals surface area contributed by atoms with Gasteiger partial charge in [-0.1, -0.05) is 54.1 Å². The van der Waals surface area contributed by atoms with Crippen molar-refractivity contribution in [1.29, 1.82) is 0 Å². The van der Waals surface area contributed by atoms with Crippen LogP contribution in [0.25, 0.3) is 0 Å². The number of nitrogens with zero attached hydrogens (tertiary/aromatic N) is 1. The van der Waals surface area contributed by atoms with Crippen molar-refractivity contribution in [2.75, 3.05) is 7.11 Å². The van der Waals surface area contributed by atoms with Gasteiger partial charge in [-0.2, -0.15) is 0 Å². The van der Waals surface area contributed by atoms with Crippen LogP contribution in [0.15, 0.2) is 94.4 Å². The lowest BCUT2D eigenvalue weighted by Crippen LogP contribution is -2.30. The molecule has 1 atom stereocenters. The Kier molecular flexibility index (Phi) is 5.95. The fourth-order valence-corrected chi connectivity index (χ4v) is 5.52. The van der Waals surface area contributed by atoms with Gasteiger partial charge in [-0.25, -0.2) is 8.42 Å². The fraction of sp³-hybridized carbons (Fsp3) is 0.125. The molecule has 0 aliphatic carbocycles. The normalized spacial score (nSPS) is 16.5. The maximum absolute atomic E-state index is 13.5. The molecule has 0 saturated heterocycles. The number of halogens is 1. The van der Waals surface area contributed by atoms with E-state index in [2.05, 4.69) is 0 Å². The maximum atomic E-state index is 13.5. The first-order valence-electron chi connectivity index (χ1n) is 9.75. The molecule has 164 valence electrons. The van der Waals surface area contributed by atoms with E-state index in [0.717, 1.165) is 5.56 Å². The maximum Gasteiger partial charge on any atom is 0.290 e. The van der Waals surface area contributed by atoms with E-state index in [1.807, 2.05) is 0 Å². The van der Waals surface area contributed by atoms with E-state index in [1.54, 1.807) is 54.6 Å². The van der Waals surface area contributed by atoms with Crippen LogP contribution < -0.4 is 4.74 Å². The summed E-state index contributed by atoms with van der Waals surface area (Å²) < 4.78 is 32.3. The fourth-order valence-electron chi connectivity index (χ4n) is 3.74. The molecule has 6 nitrogen and oxygen atoms in total. The predicted octanol–water partition coefficient (Wildman–Crippen LogP) is 4.68. The summed E-state index contributed by atoms with van der Waals surface area (Å²) in [6.45, 7) is 0.0826. The predicted molar refractivity (Wildman–Crippen MR) is 121 cm³/mol. The molecule has 1 N–H and O–H groups in total. The second-order valence-electron chi connectivity index (χ2n) is 7.27. The minimum Gasteiger partial charge on any atom is -0.502 e. The van der Waals surface area contributed by atoms with Gasteiger partial charge in [0.25, 0.3) is 5.91 Å². The summed E-state index contributed by atoms with van der Waals surface area (Å²) in [5.74, 6) is -0.928. The van der Waals surface area contributed by atoms with Crippen molar-refractivity contribution in [1.82, 2.24) is 4.90 Å². The highest BCUT2D eigenvalue weighted by molar-refractivity contribution is 7.95. The molecule has 1 aliphatic rings. The van der Waals surface area contributed by atoms with E-state index >= 15 is 0 Å². The Morgan fingerprint density at radius 2 is 1.69 bits per heavy atom. The van der Waals surface area contributed by atoms with Crippen LogP contribution >= 0.6 is 11.6 Å². The number of benzene rings is 3. The molecule has 1 aliphatic heterocycles. The Morgan fingerprint density at radius 3 is 2.34 bits per heavy atom. The van der Waals surface area contributed by atoms with Gasteiger partial charge < -0.3 is 14.7 Å². The molecule has 1 amide bonds. The molecular formula is C24H20ClNO5S. The molecule has 0 fully saturated rings. The van der Waals surface area contributed by atoms with Gasteiger partial charge in [-0.3, -0.25) is 4.79 Å². The van der Waals surface area contributed by atoms with Gasteiger partial charge in [0.15, 0.2) is 5.76 Å². The second-order valence-corrected chi connectivity index (χ2v) is 9.62. The number of carbonyl (C=O) groups is 1. The highest BCUT2D eigenvalue weighted by atomic mass is 35.5. The number of hydrogen-bond donors (Lipinski definition) is 1. The SMILES string of the molecule is COc1cccc(CN2C(=O)C(O)=C(S(=O)(=O)c3ccc(Cl)cc3)[C@@H]2c2ccccc2)c1. The smallest absolute Gasteiger partial charge is 0.290 e. The number of aliphatic hydroxyl groups excluding tert-OH is 1. The monoisotopic (exact) mass is 469 g/mol. The van der Waals surface area contributed by atoms with E-state index in [4.69, 9.17) is 16.3 Å². The van der Waals surface area contributed by atoms with Crippen LogP contribution in [-0.2, 0) is 21.2 Å². The number of rotatable bonds is 6. The molecular weight excluding hydrogens is 450 g/mol. The van der Waals surface area contributed by atoms with Crippen LogP contribution in [0.2, 0.25) is 5.02 Å². The Balaban J connectivity index is 1.83. The van der Waals surface area contributed by atoms with Crippen molar-refractivity contribution in [3.05, 3.63) is 106 Å².